The van der Waals surface area contributed by atoms with Gasteiger partial charge in [0.15, 0.2) is 0 Å². The van der Waals surface area contributed by atoms with Crippen molar-refractivity contribution < 1.29 is 0 Å². The molecule has 1 aliphatic heterocycles. The van der Waals surface area contributed by atoms with E-state index in [4.69, 9.17) is 4.98 Å². The minimum atomic E-state index is 0.693. The first-order chi connectivity index (χ1) is 8.86. The number of aromatic nitrogens is 1. The van der Waals surface area contributed by atoms with E-state index in [9.17, 15) is 0 Å². The summed E-state index contributed by atoms with van der Waals surface area (Å²) in [6.45, 7) is 4.65. The van der Waals surface area contributed by atoms with Gasteiger partial charge in [-0.15, -0.1) is 11.3 Å². The number of hydrogen-bond donors (Lipinski definition) is 1. The lowest BCUT2D eigenvalue weighted by molar-refractivity contribution is 0.422. The van der Waals surface area contributed by atoms with E-state index >= 15 is 0 Å². The SMILES string of the molecule is CCCC1CCc2nc(C3CCCNC3)sc2C1. The number of fused-ring (bicyclic) bond motifs is 1. The Balaban J connectivity index is 1.72. The molecule has 1 aliphatic carbocycles. The molecular weight excluding hydrogens is 240 g/mol. The van der Waals surface area contributed by atoms with Crippen LogP contribution in [0.1, 0.15) is 60.5 Å². The minimum absolute atomic E-state index is 0.693. The van der Waals surface area contributed by atoms with Crippen molar-refractivity contribution >= 4 is 11.3 Å². The Hall–Kier alpha value is -0.410. The molecule has 2 nitrogen and oxygen atoms in total. The molecule has 0 radical (unpaired) electrons. The van der Waals surface area contributed by atoms with Crippen molar-refractivity contribution in [2.75, 3.05) is 13.1 Å². The van der Waals surface area contributed by atoms with Gasteiger partial charge in [0.05, 0.1) is 10.7 Å². The van der Waals surface area contributed by atoms with E-state index in [1.54, 1.807) is 4.88 Å². The maximum atomic E-state index is 4.95. The van der Waals surface area contributed by atoms with Crippen LogP contribution < -0.4 is 5.32 Å². The van der Waals surface area contributed by atoms with Crippen molar-refractivity contribution in [3.63, 3.8) is 0 Å². The van der Waals surface area contributed by atoms with Crippen molar-refractivity contribution in [2.24, 2.45) is 5.92 Å². The molecule has 2 atom stereocenters. The number of aryl methyl sites for hydroxylation is 1. The predicted octanol–water partition coefficient (Wildman–Crippen LogP) is 3.52. The number of thiazole rings is 1. The lowest BCUT2D eigenvalue weighted by Crippen LogP contribution is -2.28. The van der Waals surface area contributed by atoms with Crippen LogP contribution in [0.15, 0.2) is 0 Å². The summed E-state index contributed by atoms with van der Waals surface area (Å²) in [7, 11) is 0. The zero-order valence-electron chi connectivity index (χ0n) is 11.4. The number of nitrogens with zero attached hydrogens (tertiary/aromatic N) is 1. The van der Waals surface area contributed by atoms with Crippen LogP contribution in [-0.4, -0.2) is 18.1 Å². The fourth-order valence-corrected chi connectivity index (χ4v) is 4.72. The van der Waals surface area contributed by atoms with Gasteiger partial charge in [0.25, 0.3) is 0 Å². The van der Waals surface area contributed by atoms with Gasteiger partial charge in [0, 0.05) is 17.3 Å². The molecule has 2 unspecified atom stereocenters. The molecule has 100 valence electrons. The van der Waals surface area contributed by atoms with Crippen LogP contribution in [0.4, 0.5) is 0 Å². The van der Waals surface area contributed by atoms with Gasteiger partial charge < -0.3 is 5.32 Å². The smallest absolute Gasteiger partial charge is 0.0974 e. The number of hydrogen-bond acceptors (Lipinski definition) is 3. The number of piperidine rings is 1. The molecular formula is C15H24N2S. The monoisotopic (exact) mass is 264 g/mol. The quantitative estimate of drug-likeness (QED) is 0.903. The maximum absolute atomic E-state index is 4.95. The van der Waals surface area contributed by atoms with Gasteiger partial charge in [-0.1, -0.05) is 19.8 Å². The highest BCUT2D eigenvalue weighted by Crippen LogP contribution is 2.35. The first kappa shape index (κ1) is 12.6. The van der Waals surface area contributed by atoms with Gasteiger partial charge in [0.1, 0.15) is 0 Å². The molecule has 0 saturated carbocycles. The van der Waals surface area contributed by atoms with Crippen LogP contribution in [-0.2, 0) is 12.8 Å². The first-order valence-electron chi connectivity index (χ1n) is 7.56. The fourth-order valence-electron chi connectivity index (χ4n) is 3.36. The molecule has 1 N–H and O–H groups in total. The van der Waals surface area contributed by atoms with Crippen LogP contribution in [0.3, 0.4) is 0 Å². The van der Waals surface area contributed by atoms with Gasteiger partial charge in [-0.2, -0.15) is 0 Å². The average molecular weight is 264 g/mol. The molecule has 3 rings (SSSR count). The standard InChI is InChI=1S/C15H24N2S/c1-2-4-11-6-7-13-14(9-11)18-15(17-13)12-5-3-8-16-10-12/h11-12,16H,2-10H2,1H3. The summed E-state index contributed by atoms with van der Waals surface area (Å²) in [4.78, 5) is 6.56. The first-order valence-corrected chi connectivity index (χ1v) is 8.37. The minimum Gasteiger partial charge on any atom is -0.316 e. The summed E-state index contributed by atoms with van der Waals surface area (Å²) in [5.74, 6) is 1.62. The van der Waals surface area contributed by atoms with Gasteiger partial charge in [-0.05, 0) is 44.6 Å². The summed E-state index contributed by atoms with van der Waals surface area (Å²) >= 11 is 2.02. The van der Waals surface area contributed by atoms with Crippen molar-refractivity contribution in [3.05, 3.63) is 15.6 Å². The maximum Gasteiger partial charge on any atom is 0.0974 e. The van der Waals surface area contributed by atoms with Crippen molar-refractivity contribution in [2.45, 2.75) is 57.8 Å². The number of nitrogens with one attached hydrogen (secondary N) is 1. The number of rotatable bonds is 3. The molecule has 1 aromatic rings. The molecule has 1 aromatic heterocycles. The Bertz CT molecular complexity index is 393. The third-order valence-electron chi connectivity index (χ3n) is 4.40. The molecule has 2 heterocycles. The second-order valence-electron chi connectivity index (χ2n) is 5.86. The molecule has 1 saturated heterocycles. The average Bonchev–Trinajstić information content (AvgIpc) is 2.83. The van der Waals surface area contributed by atoms with Crippen molar-refractivity contribution in [1.82, 2.24) is 10.3 Å². The largest absolute Gasteiger partial charge is 0.316 e. The highest BCUT2D eigenvalue weighted by atomic mass is 32.1. The van der Waals surface area contributed by atoms with Crippen LogP contribution >= 0.6 is 11.3 Å². The van der Waals surface area contributed by atoms with Crippen molar-refractivity contribution in [3.8, 4) is 0 Å². The van der Waals surface area contributed by atoms with Gasteiger partial charge >= 0.3 is 0 Å². The molecule has 0 spiro atoms. The van der Waals surface area contributed by atoms with Crippen LogP contribution in [0.5, 0.6) is 0 Å². The molecule has 18 heavy (non-hydrogen) atoms. The fraction of sp³-hybridized carbons (Fsp3) is 0.800. The van der Waals surface area contributed by atoms with Gasteiger partial charge in [-0.25, -0.2) is 4.98 Å². The lowest BCUT2D eigenvalue weighted by Gasteiger charge is -2.20. The summed E-state index contributed by atoms with van der Waals surface area (Å²) in [5, 5.41) is 4.93. The zero-order valence-corrected chi connectivity index (χ0v) is 12.2. The normalized spacial score (nSPS) is 28.1. The van der Waals surface area contributed by atoms with E-state index in [1.807, 2.05) is 11.3 Å². The molecule has 2 aliphatic rings. The molecule has 1 fully saturated rings. The Morgan fingerprint density at radius 3 is 3.11 bits per heavy atom. The van der Waals surface area contributed by atoms with Gasteiger partial charge in [-0.3, -0.25) is 0 Å². The van der Waals surface area contributed by atoms with Crippen LogP contribution in [0.2, 0.25) is 0 Å². The second-order valence-corrected chi connectivity index (χ2v) is 6.98. The third kappa shape index (κ3) is 2.62. The van der Waals surface area contributed by atoms with E-state index in [0.29, 0.717) is 5.92 Å². The van der Waals surface area contributed by atoms with Crippen LogP contribution in [0, 0.1) is 5.92 Å². The van der Waals surface area contributed by atoms with Crippen molar-refractivity contribution in [1.29, 1.82) is 0 Å². The Kier molecular flexibility index (Phi) is 4.00. The van der Waals surface area contributed by atoms with Crippen LogP contribution in [0.25, 0.3) is 0 Å². The van der Waals surface area contributed by atoms with E-state index in [1.165, 1.54) is 62.2 Å². The van der Waals surface area contributed by atoms with E-state index < -0.39 is 0 Å². The molecule has 0 bridgehead atoms. The second kappa shape index (κ2) is 5.70. The summed E-state index contributed by atoms with van der Waals surface area (Å²) < 4.78 is 0. The third-order valence-corrected chi connectivity index (χ3v) is 5.68. The molecule has 0 amide bonds. The van der Waals surface area contributed by atoms with E-state index in [0.717, 1.165) is 12.5 Å². The Morgan fingerprint density at radius 1 is 1.39 bits per heavy atom. The molecule has 0 aromatic carbocycles. The Labute approximate surface area is 114 Å². The highest BCUT2D eigenvalue weighted by Gasteiger charge is 2.25. The summed E-state index contributed by atoms with van der Waals surface area (Å²) in [5.41, 5.74) is 1.44. The summed E-state index contributed by atoms with van der Waals surface area (Å²) in [6.07, 6.45) is 9.28. The summed E-state index contributed by atoms with van der Waals surface area (Å²) in [6, 6.07) is 0. The van der Waals surface area contributed by atoms with E-state index in [-0.39, 0.29) is 0 Å². The lowest BCUT2D eigenvalue weighted by atomic mass is 9.88. The topological polar surface area (TPSA) is 24.9 Å². The predicted molar refractivity (Wildman–Crippen MR) is 77.4 cm³/mol. The Morgan fingerprint density at radius 2 is 2.33 bits per heavy atom. The zero-order chi connectivity index (χ0) is 12.4. The molecule has 3 heteroatoms. The van der Waals surface area contributed by atoms with Gasteiger partial charge in [0.2, 0.25) is 0 Å². The van der Waals surface area contributed by atoms with E-state index in [2.05, 4.69) is 12.2 Å². The highest BCUT2D eigenvalue weighted by molar-refractivity contribution is 7.11.